The molecule has 3 heterocycles. The number of aromatic nitrogens is 6. The number of sulfone groups is 1. The van der Waals surface area contributed by atoms with Gasteiger partial charge in [-0.15, -0.1) is 10.2 Å². The van der Waals surface area contributed by atoms with Crippen molar-refractivity contribution in [2.45, 2.75) is 157 Å². The Balaban J connectivity index is -0.000000219. The summed E-state index contributed by atoms with van der Waals surface area (Å²) in [4.78, 5) is 96.8. The number of hydrazone groups is 1. The zero-order valence-electron chi connectivity index (χ0n) is 58.3. The number of thioether (sulfide) groups is 2. The van der Waals surface area contributed by atoms with Crippen LogP contribution in [-0.2, 0) is 94.1 Å². The van der Waals surface area contributed by atoms with Gasteiger partial charge in [-0.2, -0.15) is 28.6 Å². The van der Waals surface area contributed by atoms with E-state index < -0.39 is 21.5 Å². The number of amides is 5. The number of ether oxygens (including phenoxy) is 4. The topological polar surface area (TPSA) is 338 Å². The van der Waals surface area contributed by atoms with Crippen LogP contribution in [0.25, 0.3) is 0 Å². The van der Waals surface area contributed by atoms with Gasteiger partial charge in [0.2, 0.25) is 23.6 Å². The number of nitrogens with zero attached hydrogens (tertiary/aromatic N) is 8. The number of imide groups is 1. The summed E-state index contributed by atoms with van der Waals surface area (Å²) in [5, 5.41) is 23.7. The minimum absolute atomic E-state index is 0.00463. The molecule has 90 heavy (non-hydrogen) atoms. The first-order valence-corrected chi connectivity index (χ1v) is 36.9. The average molecular weight is 1370 g/mol. The number of nitrogens with one attached hydrogen (secondary N) is 3. The van der Waals surface area contributed by atoms with E-state index in [0.717, 1.165) is 25.0 Å². The van der Waals surface area contributed by atoms with Gasteiger partial charge in [-0.05, 0) is 91.2 Å². The molecule has 26 nitrogen and oxygen atoms in total. The standard InChI is InChI=1S/C11H15NO3.C9H15N3.C7H10O2S.C6H12O2.C4H7N3.C4H8N2O.C4H10O2S2.C4H8O2.C3H7NO2.C3H7NO.C2H6S2.C2H6/c1-11(15-3)6-4-5-7-8(11)10(14)12(2)9(7)13;1-12-9-7-5-3-2-4-6-8(9)10-11-12;1-4-5(8)3-6(10-2)7(4)9;1-3-4-5-6(7)8-2;1-4-3-7(2)6-5-4;1-3-5-6-4(2)7;1-7-3-4-8(2,5)6;1-3-4(5)6-2;1-4-3(5)6-2;1-3(5)4-2;1-3-4-2;1-2/h4,6-8H,5H2,1-3H3;2-7H2,1H3;4,6H,3H2,1-2H3;3-5H2,1-2H3;3H,1-2H3;3H,1-2H3,(H,6,7);3-4H2,1-2H3;3H2,1-2H3;1-2H3,(H,4,5);1-2H3,(H,4,5);1-2H3;1-2H3/b;;;;;5-3+;;;;;;. The van der Waals surface area contributed by atoms with Gasteiger partial charge in [0.1, 0.15) is 15.6 Å². The second kappa shape index (κ2) is 59.9. The Bertz CT molecular complexity index is 2440. The van der Waals surface area contributed by atoms with Gasteiger partial charge in [-0.3, -0.25) is 52.6 Å². The number of likely N-dealkylation sites (tertiary alicyclic amines) is 1. The Morgan fingerprint density at radius 3 is 1.68 bits per heavy atom. The number of fused-ring (bicyclic) bond motifs is 2. The predicted molar refractivity (Wildman–Crippen MR) is 367 cm³/mol. The Labute approximate surface area is 554 Å². The third-order valence-corrected chi connectivity index (χ3v) is 16.3. The molecular formula is C59H111N11O15S5. The lowest BCUT2D eigenvalue weighted by Gasteiger charge is -2.35. The molecule has 1 saturated heterocycles. The molecule has 3 N–H and O–H groups in total. The summed E-state index contributed by atoms with van der Waals surface area (Å²) in [6, 6.07) is 0. The molecule has 3 aliphatic carbocycles. The van der Waals surface area contributed by atoms with Crippen LogP contribution in [0, 0.1) is 24.7 Å². The molecule has 5 amide bonds. The molecule has 1 saturated carbocycles. The van der Waals surface area contributed by atoms with Crippen LogP contribution in [0.3, 0.4) is 0 Å². The molecule has 6 rings (SSSR count). The zero-order chi connectivity index (χ0) is 71.0. The van der Waals surface area contributed by atoms with E-state index in [1.54, 1.807) is 80.0 Å². The van der Waals surface area contributed by atoms with Crippen molar-refractivity contribution in [3.8, 4) is 0 Å². The number of unbranched alkanes of at least 4 members (excludes halogenated alkanes) is 1. The summed E-state index contributed by atoms with van der Waals surface area (Å²) in [5.74, 6) is -0.324. The molecule has 5 atom stereocenters. The highest BCUT2D eigenvalue weighted by Crippen LogP contribution is 2.42. The van der Waals surface area contributed by atoms with E-state index in [-0.39, 0.29) is 70.1 Å². The smallest absolute Gasteiger partial charge is 0.406 e. The van der Waals surface area contributed by atoms with Gasteiger partial charge in [-0.1, -0.05) is 91.1 Å². The molecule has 5 unspecified atom stereocenters. The van der Waals surface area contributed by atoms with Gasteiger partial charge < -0.3 is 29.6 Å². The lowest BCUT2D eigenvalue weighted by Crippen LogP contribution is -2.44. The Hall–Kier alpha value is -5.37. The van der Waals surface area contributed by atoms with Crippen molar-refractivity contribution in [2.24, 2.45) is 37.0 Å². The fraction of sp³-hybridized carbons (Fsp3) is 0.729. The minimum atomic E-state index is -2.71. The van der Waals surface area contributed by atoms with Gasteiger partial charge in [0, 0.05) is 99.9 Å². The quantitative estimate of drug-likeness (QED) is 0.0281. The number of hydrogen-bond acceptors (Lipinski definition) is 24. The van der Waals surface area contributed by atoms with Crippen LogP contribution in [-0.4, -0.2) is 206 Å². The molecule has 0 aromatic carbocycles. The lowest BCUT2D eigenvalue weighted by atomic mass is 9.75. The van der Waals surface area contributed by atoms with E-state index >= 15 is 0 Å². The summed E-state index contributed by atoms with van der Waals surface area (Å²) < 4.78 is 42.6. The molecule has 522 valence electrons. The van der Waals surface area contributed by atoms with Crippen LogP contribution < -0.4 is 16.1 Å². The van der Waals surface area contributed by atoms with E-state index in [9.17, 15) is 51.6 Å². The Kier molecular flexibility index (Phi) is 63.7. The molecule has 2 fully saturated rings. The van der Waals surface area contributed by atoms with Crippen molar-refractivity contribution in [2.75, 3.05) is 92.4 Å². The number of ketones is 2. The minimum Gasteiger partial charge on any atom is -0.469 e. The number of methoxy groups -OCH3 is 4. The van der Waals surface area contributed by atoms with Crippen LogP contribution in [0.1, 0.15) is 144 Å². The molecule has 1 aliphatic heterocycles. The van der Waals surface area contributed by atoms with Gasteiger partial charge >= 0.3 is 18.0 Å². The predicted octanol–water partition coefficient (Wildman–Crippen LogP) is 7.90. The van der Waals surface area contributed by atoms with Crippen LogP contribution in [0.5, 0.6) is 0 Å². The molecule has 4 aliphatic rings. The summed E-state index contributed by atoms with van der Waals surface area (Å²) in [6.45, 7) is 17.9. The van der Waals surface area contributed by atoms with Gasteiger partial charge in [0.15, 0.2) is 5.78 Å². The molecule has 31 heteroatoms. The maximum absolute atomic E-state index is 11.9. The molecule has 2 aromatic heterocycles. The Morgan fingerprint density at radius 1 is 0.822 bits per heavy atom. The van der Waals surface area contributed by atoms with Crippen LogP contribution in [0.2, 0.25) is 0 Å². The van der Waals surface area contributed by atoms with E-state index in [0.29, 0.717) is 37.2 Å². The van der Waals surface area contributed by atoms with Crippen molar-refractivity contribution >= 4 is 114 Å². The fourth-order valence-electron chi connectivity index (χ4n) is 6.99. The van der Waals surface area contributed by atoms with Crippen molar-refractivity contribution < 1.29 is 70.5 Å². The van der Waals surface area contributed by atoms with E-state index in [4.69, 9.17) is 4.74 Å². The first kappa shape index (κ1) is 95.7. The highest BCUT2D eigenvalue weighted by atomic mass is 33.1. The molecule has 2 aromatic rings. The number of hydrogen-bond donors (Lipinski definition) is 3. The summed E-state index contributed by atoms with van der Waals surface area (Å²) >= 11 is 3.03. The second-order valence-electron chi connectivity index (χ2n) is 19.1. The van der Waals surface area contributed by atoms with Crippen molar-refractivity contribution in [3.05, 3.63) is 35.4 Å². The summed E-state index contributed by atoms with van der Waals surface area (Å²) in [7, 11) is 15.0. The van der Waals surface area contributed by atoms with Crippen molar-refractivity contribution in [1.82, 2.24) is 50.9 Å². The zero-order valence-corrected chi connectivity index (χ0v) is 62.3. The highest BCUT2D eigenvalue weighted by Gasteiger charge is 2.55. The number of Topliss-reactive ketones (excluding diaryl/α,β-unsaturated/α-hetero) is 2. The van der Waals surface area contributed by atoms with Gasteiger partial charge in [0.25, 0.3) is 0 Å². The Morgan fingerprint density at radius 2 is 1.38 bits per heavy atom. The third kappa shape index (κ3) is 49.3. The number of aryl methyl sites for hydroxylation is 4. The second-order valence-corrected chi connectivity index (χ2v) is 26.0. The number of carbonyl (C=O) groups excluding carboxylic acids is 9. The van der Waals surface area contributed by atoms with Crippen molar-refractivity contribution in [1.29, 1.82) is 0 Å². The summed E-state index contributed by atoms with van der Waals surface area (Å²) in [5.41, 5.74) is 5.14. The molecule has 0 spiro atoms. The van der Waals surface area contributed by atoms with E-state index in [2.05, 4.69) is 68.5 Å². The van der Waals surface area contributed by atoms with E-state index in [1.807, 2.05) is 84.3 Å². The monoisotopic (exact) mass is 1370 g/mol. The number of rotatable bonds is 11. The number of alkyl carbamates (subject to hydrolysis) is 1. The maximum atomic E-state index is 11.9. The number of allylic oxidation sites excluding steroid dienone is 1. The fourth-order valence-corrected chi connectivity index (χ4v) is 9.63. The van der Waals surface area contributed by atoms with Crippen LogP contribution in [0.4, 0.5) is 4.79 Å². The van der Waals surface area contributed by atoms with Gasteiger partial charge in [0.05, 0.1) is 72.8 Å². The largest absolute Gasteiger partial charge is 0.469 e. The van der Waals surface area contributed by atoms with E-state index in [1.165, 1.54) is 115 Å². The molecular weight excluding hydrogens is 1260 g/mol. The maximum Gasteiger partial charge on any atom is 0.406 e. The molecule has 0 radical (unpaired) electrons. The molecule has 0 bridgehead atoms. The van der Waals surface area contributed by atoms with Gasteiger partial charge in [-0.25, -0.2) is 18.6 Å². The first-order valence-electron chi connectivity index (χ1n) is 29.2. The van der Waals surface area contributed by atoms with Crippen LogP contribution >= 0.6 is 45.1 Å². The lowest BCUT2D eigenvalue weighted by molar-refractivity contribution is -0.141. The highest BCUT2D eigenvalue weighted by molar-refractivity contribution is 8.76. The van der Waals surface area contributed by atoms with Crippen LogP contribution in [0.15, 0.2) is 23.5 Å². The first-order chi connectivity index (χ1) is 42.3. The number of carbonyl (C=O) groups is 9. The third-order valence-electron chi connectivity index (χ3n) is 12.2. The average Bonchev–Trinajstić information content (AvgIpc) is 1.60. The summed E-state index contributed by atoms with van der Waals surface area (Å²) in [6.07, 6.45) is 27.6. The normalized spacial score (nSPS) is 17.8. The van der Waals surface area contributed by atoms with Crippen molar-refractivity contribution in [3.63, 3.8) is 0 Å². The SMILES string of the molecule is C/C=N/NC(C)=O.CC.CCC(=O)OC.CCCCC(=O)OC.CNC(=O)OC.CNC(C)=O.COC1(C)C=CCC2C(=O)N(C)C(=O)C21.CSC1CC(=O)C(C)C1=O.CSCCS(C)(=O)=O.CSSC.Cc1cn(C)nn1.Cn1nnc2c1CCCCCC2. The number of esters is 2.